The fourth-order valence-corrected chi connectivity index (χ4v) is 3.97. The largest absolute Gasteiger partial charge is 0.393 e. The molecule has 116 valence electrons. The lowest BCUT2D eigenvalue weighted by Crippen LogP contribution is -2.45. The maximum absolute atomic E-state index is 12.0. The van der Waals surface area contributed by atoms with Crippen molar-refractivity contribution in [2.75, 3.05) is 25.4 Å². The fourth-order valence-electron chi connectivity index (χ4n) is 2.84. The van der Waals surface area contributed by atoms with Crippen molar-refractivity contribution < 1.29 is 18.3 Å². The van der Waals surface area contributed by atoms with E-state index in [9.17, 15) is 18.3 Å². The highest BCUT2D eigenvalue weighted by molar-refractivity contribution is 7.89. The smallest absolute Gasteiger partial charge is 0.223 e. The second kappa shape index (κ2) is 6.41. The Morgan fingerprint density at radius 3 is 2.40 bits per heavy atom. The van der Waals surface area contributed by atoms with E-state index < -0.39 is 10.0 Å². The van der Waals surface area contributed by atoms with Gasteiger partial charge in [-0.05, 0) is 38.5 Å². The Kier molecular flexibility index (Phi) is 5.04. The van der Waals surface area contributed by atoms with E-state index in [1.807, 2.05) is 0 Å². The van der Waals surface area contributed by atoms with Crippen molar-refractivity contribution in [3.63, 3.8) is 0 Å². The van der Waals surface area contributed by atoms with Crippen LogP contribution in [0.3, 0.4) is 0 Å². The van der Waals surface area contributed by atoms with Gasteiger partial charge in [0, 0.05) is 25.6 Å². The van der Waals surface area contributed by atoms with Crippen molar-refractivity contribution >= 4 is 15.9 Å². The molecule has 7 heteroatoms. The number of rotatable bonds is 5. The molecular weight excluding hydrogens is 280 g/mol. The molecule has 1 saturated heterocycles. The van der Waals surface area contributed by atoms with E-state index in [0.29, 0.717) is 38.4 Å². The van der Waals surface area contributed by atoms with Crippen LogP contribution >= 0.6 is 0 Å². The quantitative estimate of drug-likeness (QED) is 0.745. The van der Waals surface area contributed by atoms with Crippen molar-refractivity contribution in [3.05, 3.63) is 0 Å². The average Bonchev–Trinajstić information content (AvgIpc) is 2.42. The maximum atomic E-state index is 12.0. The molecule has 0 aromatic carbocycles. The van der Waals surface area contributed by atoms with E-state index >= 15 is 0 Å². The van der Waals surface area contributed by atoms with Crippen molar-refractivity contribution in [3.8, 4) is 0 Å². The Hall–Kier alpha value is -0.660. The summed E-state index contributed by atoms with van der Waals surface area (Å²) in [6.45, 7) is 3.15. The van der Waals surface area contributed by atoms with E-state index in [1.165, 1.54) is 4.31 Å². The zero-order chi connectivity index (χ0) is 14.8. The molecule has 0 aromatic rings. The molecule has 1 saturated carbocycles. The molecular formula is C13H24N2O4S. The Morgan fingerprint density at radius 2 is 1.90 bits per heavy atom. The van der Waals surface area contributed by atoms with Gasteiger partial charge in [-0.15, -0.1) is 0 Å². The summed E-state index contributed by atoms with van der Waals surface area (Å²) in [4.78, 5) is 12.0. The number of aliphatic hydroxyl groups is 1. The number of hydrogen-bond donors (Lipinski definition) is 2. The predicted octanol–water partition coefficient (Wildman–Crippen LogP) is -0.0648. The van der Waals surface area contributed by atoms with Crippen LogP contribution in [0.25, 0.3) is 0 Å². The van der Waals surface area contributed by atoms with E-state index in [0.717, 1.165) is 12.8 Å². The summed E-state index contributed by atoms with van der Waals surface area (Å²) < 4.78 is 24.9. The van der Waals surface area contributed by atoms with Gasteiger partial charge in [-0.3, -0.25) is 4.79 Å². The molecule has 0 unspecified atom stereocenters. The molecule has 2 fully saturated rings. The molecule has 0 radical (unpaired) electrons. The first-order valence-corrected chi connectivity index (χ1v) is 8.97. The normalized spacial score (nSPS) is 28.9. The molecule has 2 N–H and O–H groups in total. The van der Waals surface area contributed by atoms with Crippen molar-refractivity contribution in [1.29, 1.82) is 0 Å². The molecule has 0 spiro atoms. The first-order valence-electron chi connectivity index (χ1n) is 7.36. The van der Waals surface area contributed by atoms with Crippen LogP contribution < -0.4 is 5.32 Å². The minimum absolute atomic E-state index is 0.0277. The van der Waals surface area contributed by atoms with Gasteiger partial charge < -0.3 is 10.4 Å². The highest BCUT2D eigenvalue weighted by atomic mass is 32.2. The van der Waals surface area contributed by atoms with Crippen LogP contribution in [0, 0.1) is 11.8 Å². The molecule has 2 aliphatic rings. The van der Waals surface area contributed by atoms with Gasteiger partial charge >= 0.3 is 0 Å². The summed E-state index contributed by atoms with van der Waals surface area (Å²) in [6, 6.07) is 0. The van der Waals surface area contributed by atoms with Gasteiger partial charge in [0.2, 0.25) is 15.9 Å². The molecule has 1 amide bonds. The third-order valence-electron chi connectivity index (χ3n) is 4.36. The first kappa shape index (κ1) is 15.7. The van der Waals surface area contributed by atoms with Crippen LogP contribution in [-0.4, -0.2) is 55.2 Å². The van der Waals surface area contributed by atoms with Crippen LogP contribution in [0.4, 0.5) is 0 Å². The number of aliphatic hydroxyl groups excluding tert-OH is 1. The second-order valence-corrected chi connectivity index (χ2v) is 8.07. The number of sulfonamides is 1. The van der Waals surface area contributed by atoms with Gasteiger partial charge in [0.05, 0.1) is 11.9 Å². The molecule has 0 bridgehead atoms. The lowest BCUT2D eigenvalue weighted by Gasteiger charge is -2.33. The van der Waals surface area contributed by atoms with Crippen LogP contribution in [0.15, 0.2) is 0 Å². The summed E-state index contributed by atoms with van der Waals surface area (Å²) >= 11 is 0. The van der Waals surface area contributed by atoms with Crippen LogP contribution in [0.1, 0.15) is 32.6 Å². The third-order valence-corrected chi connectivity index (χ3v) is 6.24. The van der Waals surface area contributed by atoms with Crippen molar-refractivity contribution in [1.82, 2.24) is 9.62 Å². The van der Waals surface area contributed by atoms with Gasteiger partial charge in [0.15, 0.2) is 0 Å². The number of piperidine rings is 1. The first-order chi connectivity index (χ1) is 9.42. The lowest BCUT2D eigenvalue weighted by molar-refractivity contribution is -0.126. The Morgan fingerprint density at radius 1 is 1.30 bits per heavy atom. The molecule has 6 nitrogen and oxygen atoms in total. The summed E-state index contributed by atoms with van der Waals surface area (Å²) in [6.07, 6.45) is 2.54. The molecule has 1 aliphatic heterocycles. The summed E-state index contributed by atoms with van der Waals surface area (Å²) in [5.74, 6) is 0.464. The number of carbonyl (C=O) groups excluding carboxylic acids is 1. The van der Waals surface area contributed by atoms with Gasteiger partial charge in [-0.25, -0.2) is 12.7 Å². The number of amides is 1. The molecule has 1 aliphatic carbocycles. The summed E-state index contributed by atoms with van der Waals surface area (Å²) in [5.41, 5.74) is 0. The summed E-state index contributed by atoms with van der Waals surface area (Å²) in [5, 5.41) is 12.1. The second-order valence-electron chi connectivity index (χ2n) is 5.81. The number of hydrogen-bond acceptors (Lipinski definition) is 4. The Bertz CT molecular complexity index is 437. The molecule has 2 rings (SSSR count). The topological polar surface area (TPSA) is 86.7 Å². The van der Waals surface area contributed by atoms with Gasteiger partial charge in [0.1, 0.15) is 0 Å². The van der Waals surface area contributed by atoms with Crippen LogP contribution in [-0.2, 0) is 14.8 Å². The van der Waals surface area contributed by atoms with Gasteiger partial charge in [0.25, 0.3) is 0 Å². The van der Waals surface area contributed by atoms with Crippen molar-refractivity contribution in [2.45, 2.75) is 38.7 Å². The van der Waals surface area contributed by atoms with E-state index in [4.69, 9.17) is 0 Å². The van der Waals surface area contributed by atoms with E-state index in [2.05, 4.69) is 5.32 Å². The van der Waals surface area contributed by atoms with Gasteiger partial charge in [-0.1, -0.05) is 0 Å². The zero-order valence-corrected chi connectivity index (χ0v) is 12.7. The standard InChI is InChI=1S/C13H24N2O4S/c1-2-20(18,19)15-5-3-11(4-6-15)13(17)14-9-10-7-12(16)8-10/h10-12,16H,2-9H2,1H3,(H,14,17). The third kappa shape index (κ3) is 3.71. The maximum Gasteiger partial charge on any atom is 0.223 e. The van der Waals surface area contributed by atoms with Crippen LogP contribution in [0.2, 0.25) is 0 Å². The van der Waals surface area contributed by atoms with Crippen molar-refractivity contribution in [2.24, 2.45) is 11.8 Å². The fraction of sp³-hybridized carbons (Fsp3) is 0.923. The van der Waals surface area contributed by atoms with E-state index in [-0.39, 0.29) is 23.7 Å². The monoisotopic (exact) mass is 304 g/mol. The summed E-state index contributed by atoms with van der Waals surface area (Å²) in [7, 11) is -3.12. The molecule has 20 heavy (non-hydrogen) atoms. The molecule has 1 heterocycles. The van der Waals surface area contributed by atoms with E-state index in [1.54, 1.807) is 6.92 Å². The highest BCUT2D eigenvalue weighted by Gasteiger charge is 2.31. The predicted molar refractivity (Wildman–Crippen MR) is 75.5 cm³/mol. The Labute approximate surface area is 120 Å². The minimum atomic E-state index is -3.12. The van der Waals surface area contributed by atoms with Gasteiger partial charge in [-0.2, -0.15) is 0 Å². The zero-order valence-electron chi connectivity index (χ0n) is 11.9. The average molecular weight is 304 g/mol. The Balaban J connectivity index is 1.72. The number of carbonyl (C=O) groups is 1. The minimum Gasteiger partial charge on any atom is -0.393 e. The lowest BCUT2D eigenvalue weighted by atomic mass is 9.82. The SMILES string of the molecule is CCS(=O)(=O)N1CCC(C(=O)NCC2CC(O)C2)CC1. The van der Waals surface area contributed by atoms with Crippen LogP contribution in [0.5, 0.6) is 0 Å². The molecule has 0 atom stereocenters. The highest BCUT2D eigenvalue weighted by Crippen LogP contribution is 2.26. The number of nitrogens with zero attached hydrogens (tertiary/aromatic N) is 1. The number of nitrogens with one attached hydrogen (secondary N) is 1. The molecule has 0 aromatic heterocycles.